The minimum atomic E-state index is -1.54. The molecular formula is C40H63N9O10. The largest absolute Gasteiger partial charge is 0.480 e. The Morgan fingerprint density at radius 3 is 1.64 bits per heavy atom. The number of hydrogen-bond donors (Lipinski definition) is 10. The van der Waals surface area contributed by atoms with Crippen LogP contribution in [-0.4, -0.2) is 107 Å². The van der Waals surface area contributed by atoms with Gasteiger partial charge in [-0.3, -0.25) is 38.4 Å². The number of nitrogens with one attached hydrogen (secondary N) is 7. The molecule has 19 heteroatoms. The van der Waals surface area contributed by atoms with E-state index in [9.17, 15) is 48.3 Å². The van der Waals surface area contributed by atoms with Crippen LogP contribution in [0, 0.1) is 17.8 Å². The number of carbonyl (C=O) groups is 9. The van der Waals surface area contributed by atoms with Crippen LogP contribution in [0.2, 0.25) is 0 Å². The smallest absolute Gasteiger partial charge is 0.326 e. The number of amides is 8. The van der Waals surface area contributed by atoms with Crippen molar-refractivity contribution in [3.05, 3.63) is 35.9 Å². The summed E-state index contributed by atoms with van der Waals surface area (Å²) in [7, 11) is 0. The molecule has 1 aromatic rings. The lowest BCUT2D eigenvalue weighted by Gasteiger charge is -2.29. The van der Waals surface area contributed by atoms with Gasteiger partial charge in [0.1, 0.15) is 36.3 Å². The number of carboxylic acid groups (broad SMARTS) is 1. The highest BCUT2D eigenvalue weighted by Gasteiger charge is 2.36. The number of primary amides is 2. The third-order valence-electron chi connectivity index (χ3n) is 9.55. The number of benzene rings is 1. The topological polar surface area (TPSA) is 310 Å². The normalized spacial score (nSPS) is 16.8. The van der Waals surface area contributed by atoms with Crippen LogP contribution < -0.4 is 48.7 Å². The molecule has 328 valence electrons. The molecule has 1 aromatic carbocycles. The molecular weight excluding hydrogens is 766 g/mol. The average molecular weight is 830 g/mol. The number of nitrogens with two attached hydrogens (primary N) is 2. The molecule has 0 radical (unpaired) electrons. The van der Waals surface area contributed by atoms with Gasteiger partial charge in [-0.25, -0.2) is 4.79 Å². The van der Waals surface area contributed by atoms with Crippen LogP contribution >= 0.6 is 0 Å². The standard InChI is InChI=1S/C40H63N9O10/c1-21(2)17-27(35(53)44-26(40(58)59)14-15-31(41)50)45-36(54)28(18-22(3)4)48-39(57)33(23(5)6)49-38(56)30(20-32(42)51)47-37(55)29(19-24-11-8-7-9-12-24)46-34(52)25-13-10-16-43-25/h7-9,11-12,21-23,25-30,33,43H,10,13-20H2,1-6H3,(H2,41,50)(H2,42,51)(H,44,53)(H,45,54)(H,46,52)(H,47,55)(H,48,57)(H,49,56)(H,58,59)/t25-,26-,27-,28-,29-,30-,33-/m0/s1. The predicted molar refractivity (Wildman–Crippen MR) is 216 cm³/mol. The first-order valence-corrected chi connectivity index (χ1v) is 20.1. The number of aliphatic carboxylic acids is 1. The zero-order chi connectivity index (χ0) is 44.4. The van der Waals surface area contributed by atoms with Gasteiger partial charge in [-0.1, -0.05) is 71.9 Å². The van der Waals surface area contributed by atoms with Crippen LogP contribution in [0.1, 0.15) is 92.1 Å². The van der Waals surface area contributed by atoms with Crippen molar-refractivity contribution >= 4 is 53.2 Å². The van der Waals surface area contributed by atoms with Crippen LogP contribution in [0.15, 0.2) is 30.3 Å². The van der Waals surface area contributed by atoms with Crippen molar-refractivity contribution in [3.63, 3.8) is 0 Å². The van der Waals surface area contributed by atoms with Gasteiger partial charge in [0.15, 0.2) is 0 Å². The summed E-state index contributed by atoms with van der Waals surface area (Å²) in [6, 6.07) is 0.534. The van der Waals surface area contributed by atoms with E-state index in [1.165, 1.54) is 0 Å². The molecule has 1 saturated heterocycles. The van der Waals surface area contributed by atoms with Crippen molar-refractivity contribution in [2.24, 2.45) is 29.2 Å². The van der Waals surface area contributed by atoms with E-state index in [0.29, 0.717) is 13.0 Å². The molecule has 1 aliphatic heterocycles. The highest BCUT2D eigenvalue weighted by molar-refractivity contribution is 5.98. The quantitative estimate of drug-likeness (QED) is 0.0562. The molecule has 2 rings (SSSR count). The van der Waals surface area contributed by atoms with Crippen LogP contribution in [0.4, 0.5) is 0 Å². The molecule has 0 aromatic heterocycles. The minimum absolute atomic E-state index is 0.0709. The predicted octanol–water partition coefficient (Wildman–Crippen LogP) is -1.14. The molecule has 12 N–H and O–H groups in total. The summed E-state index contributed by atoms with van der Waals surface area (Å²) in [6.45, 7) is 11.1. The summed E-state index contributed by atoms with van der Waals surface area (Å²) in [6.07, 6.45) is 0.450. The summed E-state index contributed by atoms with van der Waals surface area (Å²) in [4.78, 5) is 117. The molecule has 1 fully saturated rings. The first kappa shape index (κ1) is 49.6. The molecule has 0 spiro atoms. The number of rotatable bonds is 25. The molecule has 1 aliphatic rings. The Kier molecular flexibility index (Phi) is 20.5. The fraction of sp³-hybridized carbons (Fsp3) is 0.625. The fourth-order valence-corrected chi connectivity index (χ4v) is 6.47. The minimum Gasteiger partial charge on any atom is -0.480 e. The fourth-order valence-electron chi connectivity index (χ4n) is 6.47. The van der Waals surface area contributed by atoms with Crippen molar-refractivity contribution in [1.82, 2.24) is 37.2 Å². The Morgan fingerprint density at radius 1 is 0.661 bits per heavy atom. The first-order chi connectivity index (χ1) is 27.7. The van der Waals surface area contributed by atoms with E-state index in [0.717, 1.165) is 12.0 Å². The Hall–Kier alpha value is -5.59. The second-order valence-electron chi connectivity index (χ2n) is 16.1. The Labute approximate surface area is 345 Å². The van der Waals surface area contributed by atoms with E-state index in [-0.39, 0.29) is 43.9 Å². The third kappa shape index (κ3) is 17.8. The summed E-state index contributed by atoms with van der Waals surface area (Å²) in [5, 5.41) is 28.2. The van der Waals surface area contributed by atoms with E-state index in [1.54, 1.807) is 71.9 Å². The van der Waals surface area contributed by atoms with Crippen LogP contribution in [-0.2, 0) is 49.6 Å². The van der Waals surface area contributed by atoms with Gasteiger partial charge in [-0.05, 0) is 62.0 Å². The average Bonchev–Trinajstić information content (AvgIpc) is 3.69. The molecule has 7 atom stereocenters. The van der Waals surface area contributed by atoms with Crippen LogP contribution in [0.25, 0.3) is 0 Å². The van der Waals surface area contributed by atoms with Crippen molar-refractivity contribution < 1.29 is 48.3 Å². The lowest BCUT2D eigenvalue weighted by Crippen LogP contribution is -2.61. The lowest BCUT2D eigenvalue weighted by atomic mass is 9.98. The SMILES string of the molecule is CC(C)C[C@H](NC(=O)[C@H](CC(C)C)NC(=O)[C@@H](NC(=O)[C@H](CC(N)=O)NC(=O)[C@H](Cc1ccccc1)NC(=O)[C@@H]1CCCN1)C(C)C)C(=O)N[C@@H](CCC(N)=O)C(=O)O. The van der Waals surface area contributed by atoms with Crippen LogP contribution in [0.5, 0.6) is 0 Å². The lowest BCUT2D eigenvalue weighted by molar-refractivity contribution is -0.142. The second kappa shape index (κ2) is 24.4. The molecule has 59 heavy (non-hydrogen) atoms. The summed E-state index contributed by atoms with van der Waals surface area (Å²) in [5.74, 6) is -8.35. The molecule has 0 bridgehead atoms. The molecule has 0 saturated carbocycles. The maximum atomic E-state index is 13.9. The summed E-state index contributed by atoms with van der Waals surface area (Å²) < 4.78 is 0. The van der Waals surface area contributed by atoms with Crippen molar-refractivity contribution in [2.75, 3.05) is 6.54 Å². The van der Waals surface area contributed by atoms with E-state index in [1.807, 2.05) is 0 Å². The third-order valence-corrected chi connectivity index (χ3v) is 9.55. The molecule has 19 nitrogen and oxygen atoms in total. The summed E-state index contributed by atoms with van der Waals surface area (Å²) in [5.41, 5.74) is 11.4. The van der Waals surface area contributed by atoms with Crippen molar-refractivity contribution in [1.29, 1.82) is 0 Å². The van der Waals surface area contributed by atoms with E-state index < -0.39 is 108 Å². The van der Waals surface area contributed by atoms with E-state index in [2.05, 4.69) is 37.2 Å². The zero-order valence-electron chi connectivity index (χ0n) is 34.8. The number of carboxylic acids is 1. The van der Waals surface area contributed by atoms with Crippen LogP contribution in [0.3, 0.4) is 0 Å². The Morgan fingerprint density at radius 2 is 1.17 bits per heavy atom. The number of carbonyl (C=O) groups excluding carboxylic acids is 8. The van der Waals surface area contributed by atoms with Gasteiger partial charge >= 0.3 is 5.97 Å². The van der Waals surface area contributed by atoms with E-state index in [4.69, 9.17) is 11.5 Å². The van der Waals surface area contributed by atoms with Crippen molar-refractivity contribution in [2.45, 2.75) is 135 Å². The van der Waals surface area contributed by atoms with Crippen molar-refractivity contribution in [3.8, 4) is 0 Å². The van der Waals surface area contributed by atoms with E-state index >= 15 is 0 Å². The van der Waals surface area contributed by atoms with Gasteiger partial charge in [-0.15, -0.1) is 0 Å². The molecule has 0 unspecified atom stereocenters. The maximum Gasteiger partial charge on any atom is 0.326 e. The first-order valence-electron chi connectivity index (χ1n) is 20.1. The van der Waals surface area contributed by atoms with Gasteiger partial charge in [0.05, 0.1) is 12.5 Å². The molecule has 0 aliphatic carbocycles. The number of hydrogen-bond acceptors (Lipinski definition) is 10. The zero-order valence-corrected chi connectivity index (χ0v) is 34.8. The second-order valence-corrected chi connectivity index (χ2v) is 16.1. The summed E-state index contributed by atoms with van der Waals surface area (Å²) >= 11 is 0. The monoisotopic (exact) mass is 829 g/mol. The van der Waals surface area contributed by atoms with Gasteiger partial charge in [-0.2, -0.15) is 0 Å². The maximum absolute atomic E-state index is 13.9. The highest BCUT2D eigenvalue weighted by atomic mass is 16.4. The Bertz CT molecular complexity index is 1630. The highest BCUT2D eigenvalue weighted by Crippen LogP contribution is 2.13. The van der Waals surface area contributed by atoms with Gasteiger partial charge in [0, 0.05) is 12.8 Å². The Balaban J connectivity index is 2.29. The van der Waals surface area contributed by atoms with Gasteiger partial charge < -0.3 is 53.8 Å². The molecule has 1 heterocycles. The molecule has 8 amide bonds. The van der Waals surface area contributed by atoms with Gasteiger partial charge in [0.2, 0.25) is 47.3 Å². The van der Waals surface area contributed by atoms with Gasteiger partial charge in [0.25, 0.3) is 0 Å².